The molecule has 4 aromatic heterocycles. The van der Waals surface area contributed by atoms with Crippen LogP contribution in [0.5, 0.6) is 0 Å². The van der Waals surface area contributed by atoms with Crippen LogP contribution in [0.2, 0.25) is 0 Å². The molecule has 3 N–H and O–H groups in total. The maximum absolute atomic E-state index is 8.59. The first-order valence-electron chi connectivity index (χ1n) is 18.9. The van der Waals surface area contributed by atoms with Crippen LogP contribution in [0.3, 0.4) is 0 Å². The van der Waals surface area contributed by atoms with E-state index < -0.39 is 5.41 Å². The van der Waals surface area contributed by atoms with Crippen molar-refractivity contribution in [3.05, 3.63) is 185 Å². The molecule has 0 saturated heterocycles. The number of pyridine rings is 3. The van der Waals surface area contributed by atoms with E-state index in [1.807, 2.05) is 30.3 Å². The Morgan fingerprint density at radius 1 is 0.732 bits per heavy atom. The Morgan fingerprint density at radius 3 is 2.21 bits per heavy atom. The Labute approximate surface area is 324 Å². The fourth-order valence-corrected chi connectivity index (χ4v) is 9.37. The Hall–Kier alpha value is -7.38. The molecule has 5 heterocycles. The standard InChI is InChI=1S/C49H35N7/c1-30-38(28-50)35-10-2-4-13-40(35)49(30)41-14-5-3-11-36(41)39-29-54-45-37-12-8-27-53-48(37)56(47(45)44(39)49)34-23-19-32(20-24-34)31-17-21-33(22-18-31)55-43-16-9-26-52-46(43)42-15-6-7-25-51-42/h2-26,28-29,50,53,55H,27H2,1H3. The van der Waals surface area contributed by atoms with Crippen LogP contribution in [-0.2, 0) is 5.41 Å². The van der Waals surface area contributed by atoms with Crippen molar-refractivity contribution in [2.75, 3.05) is 17.2 Å². The molecule has 0 amide bonds. The van der Waals surface area contributed by atoms with Crippen molar-refractivity contribution < 1.29 is 0 Å². The molecule has 11 rings (SSSR count). The third kappa shape index (κ3) is 4.45. The highest BCUT2D eigenvalue weighted by molar-refractivity contribution is 6.16. The Balaban J connectivity index is 1.04. The molecule has 56 heavy (non-hydrogen) atoms. The fourth-order valence-electron chi connectivity index (χ4n) is 9.37. The van der Waals surface area contributed by atoms with E-state index in [4.69, 9.17) is 10.4 Å². The first-order chi connectivity index (χ1) is 27.7. The highest BCUT2D eigenvalue weighted by Crippen LogP contribution is 2.63. The van der Waals surface area contributed by atoms with Crippen LogP contribution in [0.4, 0.5) is 17.2 Å². The van der Waals surface area contributed by atoms with Crippen LogP contribution in [0.15, 0.2) is 158 Å². The first-order valence-corrected chi connectivity index (χ1v) is 18.9. The zero-order chi connectivity index (χ0) is 37.4. The van der Waals surface area contributed by atoms with Crippen LogP contribution in [0.1, 0.15) is 34.7 Å². The molecule has 0 bridgehead atoms. The Bertz CT molecular complexity index is 2960. The van der Waals surface area contributed by atoms with Crippen molar-refractivity contribution in [3.63, 3.8) is 0 Å². The van der Waals surface area contributed by atoms with Gasteiger partial charge < -0.3 is 16.0 Å². The van der Waals surface area contributed by atoms with Gasteiger partial charge in [-0.2, -0.15) is 0 Å². The zero-order valence-corrected chi connectivity index (χ0v) is 30.6. The van der Waals surface area contributed by atoms with Gasteiger partial charge in [-0.25, -0.2) is 0 Å². The summed E-state index contributed by atoms with van der Waals surface area (Å²) in [6.07, 6.45) is 11.6. The molecule has 1 unspecified atom stereocenters. The van der Waals surface area contributed by atoms with Gasteiger partial charge in [-0.1, -0.05) is 91.0 Å². The molecule has 1 atom stereocenters. The van der Waals surface area contributed by atoms with Gasteiger partial charge >= 0.3 is 0 Å². The van der Waals surface area contributed by atoms with Crippen molar-refractivity contribution >= 4 is 46.1 Å². The number of nitrogens with zero attached hydrogens (tertiary/aromatic N) is 4. The number of aromatic nitrogens is 4. The summed E-state index contributed by atoms with van der Waals surface area (Å²) in [6, 6.07) is 44.6. The molecule has 2 aliphatic carbocycles. The number of rotatable bonds is 6. The lowest BCUT2D eigenvalue weighted by molar-refractivity contribution is 0.769. The maximum Gasteiger partial charge on any atom is 0.120 e. The van der Waals surface area contributed by atoms with Gasteiger partial charge in [0.2, 0.25) is 0 Å². The average Bonchev–Trinajstić information content (AvgIpc) is 3.85. The van der Waals surface area contributed by atoms with Gasteiger partial charge in [0, 0.05) is 65.0 Å². The molecular formula is C49H35N7. The van der Waals surface area contributed by atoms with E-state index in [-0.39, 0.29) is 0 Å². The fraction of sp³-hybridized carbons (Fsp3) is 0.0612. The molecule has 4 aromatic carbocycles. The van der Waals surface area contributed by atoms with Gasteiger partial charge in [0.05, 0.1) is 27.8 Å². The molecule has 3 aliphatic rings. The van der Waals surface area contributed by atoms with Crippen LogP contribution in [0, 0.1) is 5.41 Å². The third-order valence-corrected chi connectivity index (χ3v) is 11.7. The summed E-state index contributed by atoms with van der Waals surface area (Å²) >= 11 is 0. The van der Waals surface area contributed by atoms with Crippen LogP contribution in [0.25, 0.3) is 62.0 Å². The molecule has 8 aromatic rings. The van der Waals surface area contributed by atoms with Gasteiger partial charge in [0.1, 0.15) is 11.5 Å². The van der Waals surface area contributed by atoms with Crippen LogP contribution in [-0.4, -0.2) is 32.3 Å². The lowest BCUT2D eigenvalue weighted by Gasteiger charge is -2.32. The third-order valence-electron chi connectivity index (χ3n) is 11.7. The van der Waals surface area contributed by atoms with Crippen molar-refractivity contribution in [1.29, 1.82) is 5.41 Å². The molecule has 1 aliphatic heterocycles. The van der Waals surface area contributed by atoms with Gasteiger partial charge in [-0.15, -0.1) is 0 Å². The molecule has 7 heteroatoms. The normalized spacial score (nSPS) is 16.0. The summed E-state index contributed by atoms with van der Waals surface area (Å²) in [5.41, 5.74) is 18.7. The van der Waals surface area contributed by atoms with Gasteiger partial charge in [0.15, 0.2) is 0 Å². The summed E-state index contributed by atoms with van der Waals surface area (Å²) in [5, 5.41) is 15.9. The number of fused-ring (bicyclic) bond motifs is 11. The molecule has 7 nitrogen and oxygen atoms in total. The number of nitrogens with one attached hydrogen (secondary N) is 3. The second-order valence-electron chi connectivity index (χ2n) is 14.5. The SMILES string of the molecule is CC1=C(C=N)c2ccccc2C12c1ccccc1-c1cnc3c4c(n(-c5ccc(-c6ccc(Nc7cccnc7-c7ccccn7)cc6)cc5)c3c12)NCC=C4. The quantitative estimate of drug-likeness (QED) is 0.149. The lowest BCUT2D eigenvalue weighted by atomic mass is 9.70. The smallest absolute Gasteiger partial charge is 0.120 e. The highest BCUT2D eigenvalue weighted by atomic mass is 15.1. The highest BCUT2D eigenvalue weighted by Gasteiger charge is 2.53. The van der Waals surface area contributed by atoms with Gasteiger partial charge in [0.25, 0.3) is 0 Å². The molecule has 1 spiro atoms. The summed E-state index contributed by atoms with van der Waals surface area (Å²) in [5.74, 6) is 1.04. The predicted molar refractivity (Wildman–Crippen MR) is 228 cm³/mol. The van der Waals surface area contributed by atoms with Gasteiger partial charge in [-0.3, -0.25) is 19.5 Å². The number of allylic oxidation sites excluding steroid dienone is 2. The van der Waals surface area contributed by atoms with E-state index in [9.17, 15) is 0 Å². The van der Waals surface area contributed by atoms with E-state index in [1.165, 1.54) is 34.0 Å². The topological polar surface area (TPSA) is 91.5 Å². The lowest BCUT2D eigenvalue weighted by Crippen LogP contribution is -2.27. The second kappa shape index (κ2) is 12.3. The van der Waals surface area contributed by atoms with Crippen molar-refractivity contribution in [2.24, 2.45) is 0 Å². The number of hydrogen-bond acceptors (Lipinski definition) is 6. The van der Waals surface area contributed by atoms with E-state index in [0.717, 1.165) is 85.2 Å². The van der Waals surface area contributed by atoms with Crippen LogP contribution >= 0.6 is 0 Å². The summed E-state index contributed by atoms with van der Waals surface area (Å²) in [7, 11) is 0. The first kappa shape index (κ1) is 32.1. The van der Waals surface area contributed by atoms with Crippen molar-refractivity contribution in [1.82, 2.24) is 19.5 Å². The maximum atomic E-state index is 8.59. The van der Waals surface area contributed by atoms with Crippen molar-refractivity contribution in [3.8, 4) is 39.3 Å². The minimum atomic E-state index is -0.567. The summed E-state index contributed by atoms with van der Waals surface area (Å²) < 4.78 is 2.38. The van der Waals surface area contributed by atoms with E-state index >= 15 is 0 Å². The predicted octanol–water partition coefficient (Wildman–Crippen LogP) is 11.1. The minimum absolute atomic E-state index is 0.567. The molecule has 0 saturated carbocycles. The zero-order valence-electron chi connectivity index (χ0n) is 30.6. The monoisotopic (exact) mass is 721 g/mol. The average molecular weight is 722 g/mol. The van der Waals surface area contributed by atoms with Crippen molar-refractivity contribution in [2.45, 2.75) is 12.3 Å². The number of hydrogen-bond donors (Lipinski definition) is 3. The largest absolute Gasteiger partial charge is 0.367 e. The Morgan fingerprint density at radius 2 is 1.45 bits per heavy atom. The van der Waals surface area contributed by atoms with Crippen LogP contribution < -0.4 is 10.6 Å². The number of anilines is 3. The number of benzene rings is 4. The molecule has 0 fully saturated rings. The molecule has 0 radical (unpaired) electrons. The van der Waals surface area contributed by atoms with E-state index in [0.29, 0.717) is 0 Å². The summed E-state index contributed by atoms with van der Waals surface area (Å²) in [4.78, 5) is 14.3. The van der Waals surface area contributed by atoms with E-state index in [2.05, 4.69) is 148 Å². The van der Waals surface area contributed by atoms with E-state index in [1.54, 1.807) is 12.4 Å². The second-order valence-corrected chi connectivity index (χ2v) is 14.5. The Kier molecular flexibility index (Phi) is 7.06. The molecular weight excluding hydrogens is 687 g/mol. The van der Waals surface area contributed by atoms with Gasteiger partial charge in [-0.05, 0) is 94.4 Å². The summed E-state index contributed by atoms with van der Waals surface area (Å²) in [6.45, 7) is 2.95. The molecule has 266 valence electrons. The minimum Gasteiger partial charge on any atom is -0.367 e.